The average Bonchev–Trinajstić information content (AvgIpc) is 3.36. The van der Waals surface area contributed by atoms with Gasteiger partial charge in [0.15, 0.2) is 28.8 Å². The molecule has 0 aromatic heterocycles. The lowest BCUT2D eigenvalue weighted by atomic mass is 10.1. The zero-order valence-electron chi connectivity index (χ0n) is 21.7. The molecule has 0 saturated carbocycles. The normalized spacial score (nSPS) is 15.5. The van der Waals surface area contributed by atoms with Crippen molar-refractivity contribution in [1.82, 2.24) is 5.01 Å². The van der Waals surface area contributed by atoms with Gasteiger partial charge in [-0.25, -0.2) is 0 Å². The summed E-state index contributed by atoms with van der Waals surface area (Å²) in [6.07, 6.45) is 2.19. The van der Waals surface area contributed by atoms with Crippen molar-refractivity contribution in [2.45, 2.75) is 6.42 Å². The first-order chi connectivity index (χ1) is 19.5. The fourth-order valence-electron chi connectivity index (χ4n) is 4.04. The molecule has 0 saturated heterocycles. The summed E-state index contributed by atoms with van der Waals surface area (Å²) >= 11 is 4.84. The largest absolute Gasteiger partial charge is 0.493 e. The van der Waals surface area contributed by atoms with E-state index in [1.807, 2.05) is 54.6 Å². The molecule has 11 heteroatoms. The molecule has 1 N–H and O–H groups in total. The highest BCUT2D eigenvalue weighted by molar-refractivity contribution is 9.10. The molecule has 0 aliphatic carbocycles. The number of benzene rings is 3. The van der Waals surface area contributed by atoms with Gasteiger partial charge in [-0.2, -0.15) is 15.1 Å². The zero-order chi connectivity index (χ0) is 28.1. The quantitative estimate of drug-likeness (QED) is 0.226. The minimum atomic E-state index is -0.496. The number of hydrazone groups is 1. The highest BCUT2D eigenvalue weighted by Crippen LogP contribution is 2.38. The van der Waals surface area contributed by atoms with Crippen LogP contribution in [0.1, 0.15) is 11.1 Å². The molecule has 2 aliphatic heterocycles. The van der Waals surface area contributed by atoms with E-state index >= 15 is 0 Å². The summed E-state index contributed by atoms with van der Waals surface area (Å²) in [5.74, 6) is 1.68. The molecule has 1 amide bonds. The maximum absolute atomic E-state index is 12.9. The van der Waals surface area contributed by atoms with E-state index in [-0.39, 0.29) is 24.6 Å². The molecule has 40 heavy (non-hydrogen) atoms. The number of halogens is 1. The van der Waals surface area contributed by atoms with Crippen LogP contribution >= 0.6 is 27.7 Å². The monoisotopic (exact) mass is 620 g/mol. The molecule has 5 rings (SSSR count). The summed E-state index contributed by atoms with van der Waals surface area (Å²) in [5, 5.41) is 15.8. The summed E-state index contributed by atoms with van der Waals surface area (Å²) in [5.41, 5.74) is 1.85. The fourth-order valence-corrected chi connectivity index (χ4v) is 5.53. The number of fused-ring (bicyclic) bond motifs is 1. The lowest BCUT2D eigenvalue weighted by molar-refractivity contribution is -0.114. The van der Waals surface area contributed by atoms with Crippen LogP contribution < -0.4 is 18.9 Å². The molecule has 0 radical (unpaired) electrons. The van der Waals surface area contributed by atoms with Gasteiger partial charge >= 0.3 is 0 Å². The van der Waals surface area contributed by atoms with E-state index in [9.17, 15) is 4.79 Å². The Morgan fingerprint density at radius 2 is 1.65 bits per heavy atom. The number of aliphatic imine (C=N–C) groups is 1. The van der Waals surface area contributed by atoms with E-state index in [1.54, 1.807) is 25.3 Å². The molecule has 204 valence electrons. The molecule has 3 aromatic rings. The van der Waals surface area contributed by atoms with Crippen molar-refractivity contribution in [3.8, 4) is 23.0 Å². The van der Waals surface area contributed by atoms with E-state index in [2.05, 4.69) is 26.0 Å². The van der Waals surface area contributed by atoms with E-state index in [4.69, 9.17) is 24.4 Å². The number of carbonyl (C=O) groups is 1. The van der Waals surface area contributed by atoms with E-state index in [0.717, 1.165) is 10.6 Å². The molecule has 0 spiro atoms. The van der Waals surface area contributed by atoms with Crippen LogP contribution in [0.4, 0.5) is 0 Å². The predicted molar refractivity (Wildman–Crippen MR) is 160 cm³/mol. The Morgan fingerprint density at radius 1 is 0.950 bits per heavy atom. The van der Waals surface area contributed by atoms with Crippen LogP contribution in [0.25, 0.3) is 6.08 Å². The van der Waals surface area contributed by atoms with E-state index in [1.165, 1.54) is 23.9 Å². The fraction of sp³-hybridized carbons (Fsp3) is 0.172. The molecule has 2 heterocycles. The number of rotatable bonds is 10. The van der Waals surface area contributed by atoms with Gasteiger partial charge in [0.2, 0.25) is 5.17 Å². The minimum absolute atomic E-state index is 0.0329. The summed E-state index contributed by atoms with van der Waals surface area (Å²) < 4.78 is 23.2. The maximum Gasteiger partial charge on any atom is 0.283 e. The van der Waals surface area contributed by atoms with Crippen LogP contribution in [-0.4, -0.2) is 54.4 Å². The van der Waals surface area contributed by atoms with Crippen molar-refractivity contribution in [1.29, 1.82) is 5.41 Å². The topological polar surface area (TPSA) is 106 Å². The van der Waals surface area contributed by atoms with Crippen molar-refractivity contribution in [3.05, 3.63) is 87.9 Å². The van der Waals surface area contributed by atoms with Crippen molar-refractivity contribution >= 4 is 55.7 Å². The number of ether oxygens (including phenoxy) is 4. The first-order valence-corrected chi connectivity index (χ1v) is 13.9. The van der Waals surface area contributed by atoms with Gasteiger partial charge in [0.25, 0.3) is 5.91 Å². The molecule has 0 bridgehead atoms. The van der Waals surface area contributed by atoms with Crippen LogP contribution in [0.3, 0.4) is 0 Å². The maximum atomic E-state index is 12.9. The number of methoxy groups -OCH3 is 2. The van der Waals surface area contributed by atoms with Crippen molar-refractivity contribution in [2.24, 2.45) is 10.1 Å². The second-order valence-electron chi connectivity index (χ2n) is 8.56. The van der Waals surface area contributed by atoms with Crippen molar-refractivity contribution in [2.75, 3.05) is 27.4 Å². The lowest BCUT2D eigenvalue weighted by Crippen LogP contribution is -2.35. The van der Waals surface area contributed by atoms with Crippen LogP contribution in [0, 0.1) is 5.41 Å². The Bertz CT molecular complexity index is 1540. The van der Waals surface area contributed by atoms with Gasteiger partial charge in [0.05, 0.1) is 24.3 Å². The Morgan fingerprint density at radius 3 is 2.40 bits per heavy atom. The number of nitrogens with one attached hydrogen (secondary N) is 1. The first-order valence-electron chi connectivity index (χ1n) is 12.3. The van der Waals surface area contributed by atoms with Gasteiger partial charge in [-0.3, -0.25) is 10.2 Å². The Balaban J connectivity index is 1.29. The number of para-hydroxylation sites is 2. The summed E-state index contributed by atoms with van der Waals surface area (Å²) in [4.78, 5) is 17.1. The van der Waals surface area contributed by atoms with Gasteiger partial charge in [-0.15, -0.1) is 0 Å². The van der Waals surface area contributed by atoms with Gasteiger partial charge < -0.3 is 18.9 Å². The summed E-state index contributed by atoms with van der Waals surface area (Å²) in [6.45, 7) is 0.540. The predicted octanol–water partition coefficient (Wildman–Crippen LogP) is 5.79. The first kappa shape index (κ1) is 27.5. The summed E-state index contributed by atoms with van der Waals surface area (Å²) in [7, 11) is 3.12. The Labute approximate surface area is 244 Å². The molecular weight excluding hydrogens is 596 g/mol. The molecule has 0 unspecified atom stereocenters. The highest BCUT2D eigenvalue weighted by Gasteiger charge is 2.35. The average molecular weight is 622 g/mol. The molecule has 0 atom stereocenters. The minimum Gasteiger partial charge on any atom is -0.493 e. The third kappa shape index (κ3) is 6.05. The second-order valence-corrected chi connectivity index (χ2v) is 10.5. The number of nitrogens with zero attached hydrogens (tertiary/aromatic N) is 3. The molecule has 2 aliphatic rings. The third-order valence-electron chi connectivity index (χ3n) is 5.91. The third-order valence-corrected chi connectivity index (χ3v) is 7.41. The smallest absolute Gasteiger partial charge is 0.283 e. The van der Waals surface area contributed by atoms with Crippen LogP contribution in [0.2, 0.25) is 0 Å². The van der Waals surface area contributed by atoms with Gasteiger partial charge in [-0.05, 0) is 69.2 Å². The summed E-state index contributed by atoms with van der Waals surface area (Å²) in [6, 6.07) is 20.8. The molecule has 0 fully saturated rings. The van der Waals surface area contributed by atoms with Crippen LogP contribution in [0.5, 0.6) is 23.0 Å². The molecule has 3 aromatic carbocycles. The van der Waals surface area contributed by atoms with Gasteiger partial charge in [0, 0.05) is 6.42 Å². The van der Waals surface area contributed by atoms with Crippen LogP contribution in [-0.2, 0) is 11.2 Å². The number of carbonyl (C=O) groups excluding carboxylic acids is 1. The number of hydrogen-bond acceptors (Lipinski definition) is 8. The molecule has 9 nitrogen and oxygen atoms in total. The molecular formula is C29H25BrN4O5S. The highest BCUT2D eigenvalue weighted by atomic mass is 79.9. The SMILES string of the molecule is COc1ccccc1OCCOc1c(Br)cc(/C=C2\C(=N)N3N=C(Cc4ccccc4)SC3=NC2=O)cc1OC. The Kier molecular flexibility index (Phi) is 8.51. The zero-order valence-corrected chi connectivity index (χ0v) is 24.1. The lowest BCUT2D eigenvalue weighted by Gasteiger charge is -2.20. The van der Waals surface area contributed by atoms with Crippen LogP contribution in [0.15, 0.2) is 86.9 Å². The van der Waals surface area contributed by atoms with Crippen molar-refractivity contribution in [3.63, 3.8) is 0 Å². The van der Waals surface area contributed by atoms with Crippen molar-refractivity contribution < 1.29 is 23.7 Å². The second kappa shape index (κ2) is 12.4. The number of amides is 1. The van der Waals surface area contributed by atoms with Gasteiger partial charge in [-0.1, -0.05) is 42.5 Å². The van der Waals surface area contributed by atoms with E-state index in [0.29, 0.717) is 44.6 Å². The van der Waals surface area contributed by atoms with E-state index < -0.39 is 5.91 Å². The Hall–Kier alpha value is -4.09. The van der Waals surface area contributed by atoms with Gasteiger partial charge in [0.1, 0.15) is 18.3 Å². The number of thioether (sulfide) groups is 1. The number of amidine groups is 2. The number of hydrogen-bond donors (Lipinski definition) is 1. The standard InChI is InChI=1S/C29H25BrN4O5S/c1-36-22-10-6-7-11-23(22)38-12-13-39-26-21(30)15-19(16-24(26)37-2)14-20-27(31)34-29(32-28(20)35)40-25(33-34)17-18-8-4-3-5-9-18/h3-11,14-16,31H,12-13,17H2,1-2H3/b20-14+,31-27?.